The fourth-order valence-corrected chi connectivity index (χ4v) is 5.08. The molecule has 122 valence electrons. The van der Waals surface area contributed by atoms with E-state index in [1.807, 2.05) is 12.1 Å². The fourth-order valence-electron chi connectivity index (χ4n) is 3.37. The maximum absolute atomic E-state index is 12.7. The number of aryl methyl sites for hydroxylation is 1. The Morgan fingerprint density at radius 1 is 0.818 bits per heavy atom. The van der Waals surface area contributed by atoms with Gasteiger partial charge in [-0.1, -0.05) is 18.2 Å². The van der Waals surface area contributed by atoms with Crippen molar-refractivity contribution in [3.8, 4) is 0 Å². The lowest BCUT2D eigenvalue weighted by Gasteiger charge is -2.27. The normalized spacial score (nSPS) is 22.0. The van der Waals surface area contributed by atoms with Gasteiger partial charge < -0.3 is 4.90 Å². The standard InChI is InChI=1S/C16H25N3O2S/c1-15-7-2-3-8-16(15)17-9-6-12-19(14-13-17)22(20,21)18-10-4-5-11-18/h2-3,7-8H,4-6,9-14H2,1H3. The Morgan fingerprint density at radius 2 is 1.45 bits per heavy atom. The predicted octanol–water partition coefficient (Wildman–Crippen LogP) is 1.85. The number of hydrogen-bond donors (Lipinski definition) is 0. The summed E-state index contributed by atoms with van der Waals surface area (Å²) in [4.78, 5) is 2.31. The predicted molar refractivity (Wildman–Crippen MR) is 89.3 cm³/mol. The summed E-state index contributed by atoms with van der Waals surface area (Å²) in [6.07, 6.45) is 2.85. The van der Waals surface area contributed by atoms with Crippen LogP contribution in [0.1, 0.15) is 24.8 Å². The first-order chi connectivity index (χ1) is 10.6. The summed E-state index contributed by atoms with van der Waals surface area (Å²) in [7, 11) is -3.26. The molecule has 2 aliphatic heterocycles. The van der Waals surface area contributed by atoms with E-state index in [-0.39, 0.29) is 0 Å². The van der Waals surface area contributed by atoms with E-state index >= 15 is 0 Å². The third-order valence-corrected chi connectivity index (χ3v) is 6.66. The Labute approximate surface area is 133 Å². The van der Waals surface area contributed by atoms with Gasteiger partial charge >= 0.3 is 0 Å². The van der Waals surface area contributed by atoms with Gasteiger partial charge in [-0.25, -0.2) is 0 Å². The maximum atomic E-state index is 12.7. The van der Waals surface area contributed by atoms with Crippen molar-refractivity contribution in [2.24, 2.45) is 0 Å². The van der Waals surface area contributed by atoms with E-state index in [0.717, 1.165) is 32.4 Å². The highest BCUT2D eigenvalue weighted by molar-refractivity contribution is 7.86. The van der Waals surface area contributed by atoms with Gasteiger partial charge in [0, 0.05) is 45.0 Å². The van der Waals surface area contributed by atoms with Gasteiger partial charge in [0.1, 0.15) is 0 Å². The molecule has 1 aromatic rings. The second kappa shape index (κ2) is 6.56. The molecule has 0 aromatic heterocycles. The summed E-state index contributed by atoms with van der Waals surface area (Å²) in [5.74, 6) is 0. The van der Waals surface area contributed by atoms with Gasteiger partial charge in [-0.15, -0.1) is 0 Å². The SMILES string of the molecule is Cc1ccccc1N1CCCN(S(=O)(=O)N2CCCC2)CC1. The molecule has 0 N–H and O–H groups in total. The number of nitrogens with zero attached hydrogens (tertiary/aromatic N) is 3. The fraction of sp³-hybridized carbons (Fsp3) is 0.625. The first-order valence-electron chi connectivity index (χ1n) is 8.15. The van der Waals surface area contributed by atoms with Crippen LogP contribution in [0.2, 0.25) is 0 Å². The van der Waals surface area contributed by atoms with E-state index in [0.29, 0.717) is 26.2 Å². The average molecular weight is 323 g/mol. The third-order valence-electron chi connectivity index (χ3n) is 4.63. The molecule has 1 aromatic carbocycles. The molecule has 0 aliphatic carbocycles. The van der Waals surface area contributed by atoms with Gasteiger partial charge in [0.05, 0.1) is 0 Å². The Kier molecular flexibility index (Phi) is 4.70. The largest absolute Gasteiger partial charge is 0.370 e. The number of hydrogen-bond acceptors (Lipinski definition) is 3. The molecule has 6 heteroatoms. The van der Waals surface area contributed by atoms with Crippen molar-refractivity contribution < 1.29 is 8.42 Å². The minimum atomic E-state index is -3.26. The van der Waals surface area contributed by atoms with Crippen LogP contribution in [0.25, 0.3) is 0 Å². The van der Waals surface area contributed by atoms with Crippen molar-refractivity contribution in [3.05, 3.63) is 29.8 Å². The van der Waals surface area contributed by atoms with Crippen LogP contribution >= 0.6 is 0 Å². The van der Waals surface area contributed by atoms with E-state index in [1.165, 1.54) is 11.3 Å². The molecular weight excluding hydrogens is 298 g/mol. The van der Waals surface area contributed by atoms with E-state index in [4.69, 9.17) is 0 Å². The maximum Gasteiger partial charge on any atom is 0.282 e. The van der Waals surface area contributed by atoms with Crippen molar-refractivity contribution in [3.63, 3.8) is 0 Å². The van der Waals surface area contributed by atoms with E-state index in [2.05, 4.69) is 24.0 Å². The number of anilines is 1. The van der Waals surface area contributed by atoms with Gasteiger partial charge in [0.15, 0.2) is 0 Å². The zero-order valence-electron chi connectivity index (χ0n) is 13.2. The number of benzene rings is 1. The lowest BCUT2D eigenvalue weighted by molar-refractivity contribution is 0.373. The molecule has 22 heavy (non-hydrogen) atoms. The van der Waals surface area contributed by atoms with Crippen LogP contribution in [0.15, 0.2) is 24.3 Å². The molecule has 0 bridgehead atoms. The monoisotopic (exact) mass is 323 g/mol. The average Bonchev–Trinajstić information content (AvgIpc) is 2.94. The molecule has 0 amide bonds. The lowest BCUT2D eigenvalue weighted by atomic mass is 10.2. The first kappa shape index (κ1) is 15.8. The van der Waals surface area contributed by atoms with Gasteiger partial charge in [-0.05, 0) is 37.8 Å². The Bertz CT molecular complexity index is 612. The molecule has 2 heterocycles. The molecule has 0 saturated carbocycles. The van der Waals surface area contributed by atoms with Crippen molar-refractivity contribution in [2.45, 2.75) is 26.2 Å². The topological polar surface area (TPSA) is 43.9 Å². The second-order valence-electron chi connectivity index (χ2n) is 6.14. The van der Waals surface area contributed by atoms with Crippen LogP contribution in [0.5, 0.6) is 0 Å². The molecule has 0 radical (unpaired) electrons. The highest BCUT2D eigenvalue weighted by Crippen LogP contribution is 2.23. The van der Waals surface area contributed by atoms with Crippen molar-refractivity contribution >= 4 is 15.9 Å². The summed E-state index contributed by atoms with van der Waals surface area (Å²) in [6.45, 7) is 6.35. The summed E-state index contributed by atoms with van der Waals surface area (Å²) >= 11 is 0. The van der Waals surface area contributed by atoms with Crippen LogP contribution in [0.4, 0.5) is 5.69 Å². The molecule has 0 spiro atoms. The van der Waals surface area contributed by atoms with E-state index < -0.39 is 10.2 Å². The molecule has 0 unspecified atom stereocenters. The van der Waals surface area contributed by atoms with Crippen LogP contribution in [0, 0.1) is 6.92 Å². The zero-order chi connectivity index (χ0) is 15.6. The minimum absolute atomic E-state index is 0.577. The summed E-state index contributed by atoms with van der Waals surface area (Å²) in [6, 6.07) is 8.33. The molecule has 2 saturated heterocycles. The van der Waals surface area contributed by atoms with Gasteiger partial charge in [-0.2, -0.15) is 17.0 Å². The lowest BCUT2D eigenvalue weighted by Crippen LogP contribution is -2.44. The third kappa shape index (κ3) is 3.14. The van der Waals surface area contributed by atoms with Crippen molar-refractivity contribution in [1.29, 1.82) is 0 Å². The molecular formula is C16H25N3O2S. The van der Waals surface area contributed by atoms with Crippen molar-refractivity contribution in [1.82, 2.24) is 8.61 Å². The first-order valence-corrected chi connectivity index (χ1v) is 9.54. The van der Waals surface area contributed by atoms with Crippen LogP contribution < -0.4 is 4.90 Å². The Morgan fingerprint density at radius 3 is 2.18 bits per heavy atom. The summed E-state index contributed by atoms with van der Waals surface area (Å²) in [5, 5.41) is 0. The quantitative estimate of drug-likeness (QED) is 0.853. The van der Waals surface area contributed by atoms with Gasteiger partial charge in [-0.3, -0.25) is 0 Å². The Balaban J connectivity index is 1.71. The molecule has 0 atom stereocenters. The molecule has 5 nitrogen and oxygen atoms in total. The Hall–Kier alpha value is -1.11. The van der Waals surface area contributed by atoms with Crippen LogP contribution in [-0.4, -0.2) is 56.3 Å². The van der Waals surface area contributed by atoms with Crippen LogP contribution in [-0.2, 0) is 10.2 Å². The smallest absolute Gasteiger partial charge is 0.282 e. The minimum Gasteiger partial charge on any atom is -0.370 e. The van der Waals surface area contributed by atoms with Crippen molar-refractivity contribution in [2.75, 3.05) is 44.2 Å². The zero-order valence-corrected chi connectivity index (χ0v) is 14.1. The highest BCUT2D eigenvalue weighted by Gasteiger charge is 2.32. The van der Waals surface area contributed by atoms with E-state index in [9.17, 15) is 8.42 Å². The number of para-hydroxylation sites is 1. The van der Waals surface area contributed by atoms with Gasteiger partial charge in [0.2, 0.25) is 0 Å². The van der Waals surface area contributed by atoms with E-state index in [1.54, 1.807) is 8.61 Å². The number of rotatable bonds is 3. The van der Waals surface area contributed by atoms with Crippen LogP contribution in [0.3, 0.4) is 0 Å². The summed E-state index contributed by atoms with van der Waals surface area (Å²) < 4.78 is 28.7. The molecule has 3 rings (SSSR count). The summed E-state index contributed by atoms with van der Waals surface area (Å²) in [5.41, 5.74) is 2.47. The molecule has 2 fully saturated rings. The second-order valence-corrected chi connectivity index (χ2v) is 8.07. The highest BCUT2D eigenvalue weighted by atomic mass is 32.2. The van der Waals surface area contributed by atoms with Gasteiger partial charge in [0.25, 0.3) is 10.2 Å². The molecule has 2 aliphatic rings.